The third-order valence-electron chi connectivity index (χ3n) is 4.56. The molecule has 0 saturated carbocycles. The molecule has 7 nitrogen and oxygen atoms in total. The van der Waals surface area contributed by atoms with E-state index in [0.717, 1.165) is 5.69 Å². The first-order valence-corrected chi connectivity index (χ1v) is 8.85. The van der Waals surface area contributed by atoms with Crippen LogP contribution in [-0.2, 0) is 4.74 Å². The summed E-state index contributed by atoms with van der Waals surface area (Å²) < 4.78 is 7.00. The average molecular weight is 379 g/mol. The minimum absolute atomic E-state index is 0.118. The molecule has 0 aliphatic carbocycles. The van der Waals surface area contributed by atoms with Crippen LogP contribution >= 0.6 is 0 Å². The fourth-order valence-electron chi connectivity index (χ4n) is 3.18. The number of esters is 1. The van der Waals surface area contributed by atoms with Gasteiger partial charge in [0.25, 0.3) is 0 Å². The highest BCUT2D eigenvalue weighted by Crippen LogP contribution is 2.21. The number of nitrogens with zero attached hydrogens (tertiary/aromatic N) is 2. The van der Waals surface area contributed by atoms with Gasteiger partial charge in [0.15, 0.2) is 11.9 Å². The summed E-state index contributed by atoms with van der Waals surface area (Å²) in [6.07, 6.45) is 2.47. The second-order valence-electron chi connectivity index (χ2n) is 6.59. The van der Waals surface area contributed by atoms with Crippen molar-refractivity contribution in [1.29, 1.82) is 0 Å². The second kappa shape index (κ2) is 7.64. The summed E-state index contributed by atoms with van der Waals surface area (Å²) in [5, 5.41) is 4.12. The molecule has 0 amide bonds. The highest BCUT2D eigenvalue weighted by molar-refractivity contribution is 6.05. The Hall–Kier alpha value is -3.48. The molecule has 0 unspecified atom stereocenters. The van der Waals surface area contributed by atoms with Crippen molar-refractivity contribution < 1.29 is 19.1 Å². The van der Waals surface area contributed by atoms with Crippen LogP contribution in [0.4, 0.5) is 0 Å². The number of hydrogen-bond acceptors (Lipinski definition) is 5. The number of rotatable bonds is 6. The van der Waals surface area contributed by atoms with Gasteiger partial charge in [-0.1, -0.05) is 0 Å². The van der Waals surface area contributed by atoms with Crippen LogP contribution in [0.15, 0.2) is 42.7 Å². The molecule has 0 saturated heterocycles. The number of nitrogens with one attached hydrogen (secondary N) is 1. The van der Waals surface area contributed by atoms with Crippen molar-refractivity contribution in [2.45, 2.75) is 33.8 Å². The van der Waals surface area contributed by atoms with Gasteiger partial charge in [0.05, 0.1) is 16.9 Å². The molecule has 2 heterocycles. The summed E-state index contributed by atoms with van der Waals surface area (Å²) in [5.74, 6) is -1.09. The van der Waals surface area contributed by atoms with Crippen LogP contribution in [0, 0.1) is 13.8 Å². The minimum atomic E-state index is -0.991. The lowest BCUT2D eigenvalue weighted by Gasteiger charge is -2.12. The largest absolute Gasteiger partial charge is 0.451 e. The first kappa shape index (κ1) is 19.3. The van der Waals surface area contributed by atoms with Crippen LogP contribution in [0.1, 0.15) is 56.3 Å². The number of H-pyrrole nitrogens is 1. The van der Waals surface area contributed by atoms with Crippen molar-refractivity contribution in [1.82, 2.24) is 14.8 Å². The van der Waals surface area contributed by atoms with Crippen molar-refractivity contribution in [3.05, 3.63) is 70.8 Å². The van der Waals surface area contributed by atoms with Gasteiger partial charge in [-0.2, -0.15) is 5.10 Å². The molecule has 3 rings (SSSR count). The van der Waals surface area contributed by atoms with Gasteiger partial charge in [-0.15, -0.1) is 0 Å². The van der Waals surface area contributed by atoms with Crippen LogP contribution < -0.4 is 0 Å². The van der Waals surface area contributed by atoms with Crippen LogP contribution in [0.2, 0.25) is 0 Å². The second-order valence-corrected chi connectivity index (χ2v) is 6.59. The Morgan fingerprint density at radius 3 is 2.36 bits per heavy atom. The molecule has 1 atom stereocenters. The lowest BCUT2D eigenvalue weighted by molar-refractivity contribution is 0.0317. The predicted octanol–water partition coefficient (Wildman–Crippen LogP) is 3.45. The maximum absolute atomic E-state index is 12.7. The Balaban J connectivity index is 1.73. The monoisotopic (exact) mass is 379 g/mol. The quantitative estimate of drug-likeness (QED) is 0.523. The Labute approximate surface area is 162 Å². The van der Waals surface area contributed by atoms with Crippen molar-refractivity contribution in [3.63, 3.8) is 0 Å². The van der Waals surface area contributed by atoms with Crippen molar-refractivity contribution in [2.75, 3.05) is 0 Å². The number of benzene rings is 1. The number of carbonyl (C=O) groups is 3. The molecule has 0 spiro atoms. The van der Waals surface area contributed by atoms with Gasteiger partial charge in [0.1, 0.15) is 0 Å². The molecule has 0 aliphatic rings. The van der Waals surface area contributed by atoms with Gasteiger partial charge < -0.3 is 9.72 Å². The summed E-state index contributed by atoms with van der Waals surface area (Å²) in [4.78, 5) is 39.8. The number of aromatic nitrogens is 3. The van der Waals surface area contributed by atoms with E-state index < -0.39 is 12.1 Å². The van der Waals surface area contributed by atoms with E-state index in [2.05, 4.69) is 10.1 Å². The van der Waals surface area contributed by atoms with E-state index in [9.17, 15) is 14.4 Å². The van der Waals surface area contributed by atoms with Crippen LogP contribution in [0.3, 0.4) is 0 Å². The van der Waals surface area contributed by atoms with E-state index in [-0.39, 0.29) is 17.3 Å². The standard InChI is InChI=1S/C21H21N3O4/c1-12-18(14(3)25)13(2)23-19(12)20(26)15(4)28-21(27)16-6-8-17(9-7-16)24-11-5-10-22-24/h5-11,15,23H,1-4H3/t15-/m0/s1. The molecule has 1 aromatic carbocycles. The number of Topliss-reactive ketones (excluding diaryl/α,β-unsaturated/α-hetero) is 2. The summed E-state index contributed by atoms with van der Waals surface area (Å²) in [6, 6.07) is 8.53. The minimum Gasteiger partial charge on any atom is -0.451 e. The van der Waals surface area contributed by atoms with E-state index in [0.29, 0.717) is 22.4 Å². The van der Waals surface area contributed by atoms with Crippen LogP contribution in [-0.4, -0.2) is 38.4 Å². The zero-order chi connectivity index (χ0) is 20.4. The van der Waals surface area contributed by atoms with Crippen molar-refractivity contribution >= 4 is 17.5 Å². The smallest absolute Gasteiger partial charge is 0.338 e. The highest BCUT2D eigenvalue weighted by Gasteiger charge is 2.26. The number of hydrogen-bond donors (Lipinski definition) is 1. The SMILES string of the molecule is CC(=O)c1c(C)[nH]c(C(=O)[C@H](C)OC(=O)c2ccc(-n3cccn3)cc2)c1C. The maximum Gasteiger partial charge on any atom is 0.338 e. The van der Waals surface area contributed by atoms with Crippen LogP contribution in [0.5, 0.6) is 0 Å². The van der Waals surface area contributed by atoms with E-state index in [1.54, 1.807) is 61.3 Å². The Morgan fingerprint density at radius 2 is 1.82 bits per heavy atom. The van der Waals surface area contributed by atoms with E-state index in [1.165, 1.54) is 13.8 Å². The predicted molar refractivity (Wildman–Crippen MR) is 103 cm³/mol. The number of carbonyl (C=O) groups excluding carboxylic acids is 3. The molecular weight excluding hydrogens is 358 g/mol. The lowest BCUT2D eigenvalue weighted by atomic mass is 10.0. The van der Waals surface area contributed by atoms with Gasteiger partial charge in [0.2, 0.25) is 5.78 Å². The first-order chi connectivity index (χ1) is 13.3. The van der Waals surface area contributed by atoms with E-state index >= 15 is 0 Å². The Bertz CT molecular complexity index is 1030. The normalized spacial score (nSPS) is 11.9. The van der Waals surface area contributed by atoms with Gasteiger partial charge in [-0.3, -0.25) is 9.59 Å². The zero-order valence-corrected chi connectivity index (χ0v) is 16.1. The molecule has 0 aliphatic heterocycles. The third kappa shape index (κ3) is 3.64. The molecular formula is C21H21N3O4. The molecule has 0 bridgehead atoms. The van der Waals surface area contributed by atoms with E-state index in [4.69, 9.17) is 4.74 Å². The molecule has 28 heavy (non-hydrogen) atoms. The first-order valence-electron chi connectivity index (χ1n) is 8.85. The highest BCUT2D eigenvalue weighted by atomic mass is 16.5. The zero-order valence-electron chi connectivity index (χ0n) is 16.1. The summed E-state index contributed by atoms with van der Waals surface area (Å²) >= 11 is 0. The van der Waals surface area contributed by atoms with E-state index in [1.807, 2.05) is 0 Å². The Kier molecular flexibility index (Phi) is 5.26. The van der Waals surface area contributed by atoms with Gasteiger partial charge >= 0.3 is 5.97 Å². The average Bonchev–Trinajstić information content (AvgIpc) is 3.29. The van der Waals surface area contributed by atoms with Crippen molar-refractivity contribution in [3.8, 4) is 5.69 Å². The number of aryl methyl sites for hydroxylation is 1. The lowest BCUT2D eigenvalue weighted by Crippen LogP contribution is -2.25. The molecule has 2 aromatic heterocycles. The number of aromatic amines is 1. The number of ether oxygens (including phenoxy) is 1. The third-order valence-corrected chi connectivity index (χ3v) is 4.56. The fourth-order valence-corrected chi connectivity index (χ4v) is 3.18. The molecule has 0 fully saturated rings. The Morgan fingerprint density at radius 1 is 1.14 bits per heavy atom. The van der Waals surface area contributed by atoms with Gasteiger partial charge in [-0.25, -0.2) is 9.48 Å². The van der Waals surface area contributed by atoms with Crippen molar-refractivity contribution in [2.24, 2.45) is 0 Å². The molecule has 7 heteroatoms. The molecule has 0 radical (unpaired) electrons. The molecule has 3 aromatic rings. The summed E-state index contributed by atoms with van der Waals surface area (Å²) in [6.45, 7) is 6.41. The number of ketones is 2. The van der Waals surface area contributed by atoms with Gasteiger partial charge in [-0.05, 0) is 63.6 Å². The topological polar surface area (TPSA) is 94.0 Å². The van der Waals surface area contributed by atoms with Crippen LogP contribution in [0.25, 0.3) is 5.69 Å². The molecule has 1 N–H and O–H groups in total. The molecule has 144 valence electrons. The fraction of sp³-hybridized carbons (Fsp3) is 0.238. The summed E-state index contributed by atoms with van der Waals surface area (Å²) in [7, 11) is 0. The maximum atomic E-state index is 12.7. The summed E-state index contributed by atoms with van der Waals surface area (Å²) in [5.41, 5.74) is 3.12. The van der Waals surface area contributed by atoms with Gasteiger partial charge in [0, 0.05) is 23.7 Å².